The van der Waals surface area contributed by atoms with E-state index in [1.807, 2.05) is 12.2 Å². The quantitative estimate of drug-likeness (QED) is 0.0262. The van der Waals surface area contributed by atoms with Crippen molar-refractivity contribution in [1.29, 1.82) is 0 Å². The van der Waals surface area contributed by atoms with Gasteiger partial charge in [0.2, 0.25) is 0 Å². The Labute approximate surface area is 397 Å². The van der Waals surface area contributed by atoms with Crippen LogP contribution in [0.4, 0.5) is 0 Å². The van der Waals surface area contributed by atoms with E-state index in [1.54, 1.807) is 0 Å². The molecule has 0 aromatic carbocycles. The Kier molecular flexibility index (Phi) is 50.8. The van der Waals surface area contributed by atoms with Gasteiger partial charge < -0.3 is 14.2 Å². The van der Waals surface area contributed by atoms with Crippen LogP contribution in [0.5, 0.6) is 0 Å². The average molecular weight is 897 g/mol. The van der Waals surface area contributed by atoms with E-state index in [0.717, 1.165) is 64.2 Å². The van der Waals surface area contributed by atoms with Gasteiger partial charge >= 0.3 is 17.9 Å². The van der Waals surface area contributed by atoms with Gasteiger partial charge in [-0.25, -0.2) is 0 Å². The van der Waals surface area contributed by atoms with E-state index in [1.165, 1.54) is 173 Å². The summed E-state index contributed by atoms with van der Waals surface area (Å²) in [4.78, 5) is 37.7. The number of carbonyl (C=O) groups excluding carboxylic acids is 3. The largest absolute Gasteiger partial charge is 0.462 e. The van der Waals surface area contributed by atoms with Crippen molar-refractivity contribution in [3.05, 3.63) is 48.6 Å². The average Bonchev–Trinajstić information content (AvgIpc) is 3.29. The van der Waals surface area contributed by atoms with Crippen LogP contribution in [-0.2, 0) is 28.6 Å². The van der Waals surface area contributed by atoms with Gasteiger partial charge in [0.25, 0.3) is 0 Å². The predicted molar refractivity (Wildman–Crippen MR) is 275 cm³/mol. The second kappa shape index (κ2) is 53.0. The molecule has 0 fully saturated rings. The van der Waals surface area contributed by atoms with Crippen molar-refractivity contribution in [2.24, 2.45) is 0 Å². The zero-order valence-electron chi connectivity index (χ0n) is 42.6. The Morgan fingerprint density at radius 1 is 0.328 bits per heavy atom. The molecule has 1 atom stereocenters. The third kappa shape index (κ3) is 50.4. The topological polar surface area (TPSA) is 78.9 Å². The van der Waals surface area contributed by atoms with Crippen LogP contribution < -0.4 is 0 Å². The standard InChI is InChI=1S/C58H104O6/c1-4-7-10-13-16-18-20-22-23-24-25-26-27-28-29-30-31-32-33-34-36-37-39-42-45-48-51-57(60)63-54-55(53-62-56(59)50-47-44-41-15-12-9-6-3)64-58(61)52-49-46-43-40-38-35-21-19-17-14-11-8-5-2/h8,11,17,19,35,38,43,46,55H,4-7,9-10,12-16,18,20-34,36-37,39-42,44-45,47-54H2,1-3H3/b11-8-,19-17-,38-35-,46-43-. The molecular weight excluding hydrogens is 793 g/mol. The molecule has 0 amide bonds. The van der Waals surface area contributed by atoms with E-state index in [-0.39, 0.29) is 37.5 Å². The van der Waals surface area contributed by atoms with Crippen LogP contribution in [0.2, 0.25) is 0 Å². The molecule has 0 heterocycles. The maximum Gasteiger partial charge on any atom is 0.306 e. The summed E-state index contributed by atoms with van der Waals surface area (Å²) in [7, 11) is 0. The molecule has 372 valence electrons. The number of hydrogen-bond acceptors (Lipinski definition) is 6. The van der Waals surface area contributed by atoms with E-state index < -0.39 is 6.10 Å². The molecule has 6 heteroatoms. The minimum Gasteiger partial charge on any atom is -0.462 e. The van der Waals surface area contributed by atoms with E-state index in [0.29, 0.717) is 19.3 Å². The molecule has 0 rings (SSSR count). The first-order valence-electron chi connectivity index (χ1n) is 27.6. The summed E-state index contributed by atoms with van der Waals surface area (Å²) in [6.45, 7) is 6.44. The van der Waals surface area contributed by atoms with Crippen LogP contribution >= 0.6 is 0 Å². The molecule has 0 aromatic heterocycles. The lowest BCUT2D eigenvalue weighted by molar-refractivity contribution is -0.166. The monoisotopic (exact) mass is 897 g/mol. The van der Waals surface area contributed by atoms with Crippen molar-refractivity contribution < 1.29 is 28.6 Å². The van der Waals surface area contributed by atoms with Crippen LogP contribution in [0.25, 0.3) is 0 Å². The Bertz CT molecular complexity index is 1120. The zero-order chi connectivity index (χ0) is 46.5. The highest BCUT2D eigenvalue weighted by Gasteiger charge is 2.19. The SMILES string of the molecule is CC/C=C\C/C=C\C/C=C\C/C=C\CCC(=O)OC(COC(=O)CCCCCCCCC)COC(=O)CCCCCCCCCCCCCCCCCCCCCCCCCCCC. The molecule has 6 nitrogen and oxygen atoms in total. The second-order valence-electron chi connectivity index (χ2n) is 18.5. The summed E-state index contributed by atoms with van der Waals surface area (Å²) in [6, 6.07) is 0. The summed E-state index contributed by atoms with van der Waals surface area (Å²) in [5, 5.41) is 0. The smallest absolute Gasteiger partial charge is 0.306 e. The normalized spacial score (nSPS) is 12.4. The van der Waals surface area contributed by atoms with Gasteiger partial charge in [-0.3, -0.25) is 14.4 Å². The third-order valence-corrected chi connectivity index (χ3v) is 12.1. The molecule has 64 heavy (non-hydrogen) atoms. The van der Waals surface area contributed by atoms with Gasteiger partial charge in [0.15, 0.2) is 6.10 Å². The van der Waals surface area contributed by atoms with Crippen LogP contribution in [0.1, 0.15) is 284 Å². The number of allylic oxidation sites excluding steroid dienone is 8. The molecule has 0 saturated heterocycles. The van der Waals surface area contributed by atoms with Crippen LogP contribution in [0, 0.1) is 0 Å². The molecule has 0 saturated carbocycles. The highest BCUT2D eigenvalue weighted by molar-refractivity contribution is 5.71. The second-order valence-corrected chi connectivity index (χ2v) is 18.5. The predicted octanol–water partition coefficient (Wildman–Crippen LogP) is 18.3. The summed E-state index contributed by atoms with van der Waals surface area (Å²) in [5.74, 6) is -0.979. The highest BCUT2D eigenvalue weighted by Crippen LogP contribution is 2.17. The lowest BCUT2D eigenvalue weighted by Crippen LogP contribution is -2.30. The molecule has 0 radical (unpaired) electrons. The first-order valence-corrected chi connectivity index (χ1v) is 27.6. The van der Waals surface area contributed by atoms with E-state index in [9.17, 15) is 14.4 Å². The Balaban J connectivity index is 4.10. The number of carbonyl (C=O) groups is 3. The summed E-state index contributed by atoms with van der Waals surface area (Å²) in [6.07, 6.45) is 64.5. The van der Waals surface area contributed by atoms with Crippen LogP contribution in [0.15, 0.2) is 48.6 Å². The molecule has 0 N–H and O–H groups in total. The van der Waals surface area contributed by atoms with E-state index >= 15 is 0 Å². The fourth-order valence-corrected chi connectivity index (χ4v) is 7.99. The first kappa shape index (κ1) is 61.4. The van der Waals surface area contributed by atoms with Crippen molar-refractivity contribution in [3.8, 4) is 0 Å². The molecule has 0 spiro atoms. The summed E-state index contributed by atoms with van der Waals surface area (Å²) in [5.41, 5.74) is 0. The van der Waals surface area contributed by atoms with Crippen LogP contribution in [0.3, 0.4) is 0 Å². The first-order chi connectivity index (χ1) is 31.5. The Morgan fingerprint density at radius 2 is 0.609 bits per heavy atom. The Morgan fingerprint density at radius 3 is 0.922 bits per heavy atom. The Hall–Kier alpha value is -2.63. The fraction of sp³-hybridized carbons (Fsp3) is 0.810. The lowest BCUT2D eigenvalue weighted by atomic mass is 10.0. The van der Waals surface area contributed by atoms with Crippen LogP contribution in [-0.4, -0.2) is 37.2 Å². The molecule has 0 bridgehead atoms. The van der Waals surface area contributed by atoms with Gasteiger partial charge in [-0.1, -0.05) is 268 Å². The fourth-order valence-electron chi connectivity index (χ4n) is 7.99. The maximum absolute atomic E-state index is 12.7. The highest BCUT2D eigenvalue weighted by atomic mass is 16.6. The maximum atomic E-state index is 12.7. The lowest BCUT2D eigenvalue weighted by Gasteiger charge is -2.18. The van der Waals surface area contributed by atoms with Gasteiger partial charge in [0.1, 0.15) is 13.2 Å². The third-order valence-electron chi connectivity index (χ3n) is 12.1. The number of hydrogen-bond donors (Lipinski definition) is 0. The van der Waals surface area contributed by atoms with Gasteiger partial charge in [0, 0.05) is 19.3 Å². The molecule has 0 aliphatic rings. The molecular formula is C58H104O6. The molecule has 0 aliphatic carbocycles. The number of unbranched alkanes of at least 4 members (excludes halogenated alkanes) is 31. The van der Waals surface area contributed by atoms with Crippen molar-refractivity contribution in [1.82, 2.24) is 0 Å². The molecule has 1 unspecified atom stereocenters. The van der Waals surface area contributed by atoms with E-state index in [4.69, 9.17) is 14.2 Å². The number of ether oxygens (including phenoxy) is 3. The summed E-state index contributed by atoms with van der Waals surface area (Å²) >= 11 is 0. The van der Waals surface area contributed by atoms with Crippen molar-refractivity contribution in [2.75, 3.05) is 13.2 Å². The summed E-state index contributed by atoms with van der Waals surface area (Å²) < 4.78 is 16.7. The van der Waals surface area contributed by atoms with Gasteiger partial charge in [-0.2, -0.15) is 0 Å². The van der Waals surface area contributed by atoms with Gasteiger partial charge in [-0.15, -0.1) is 0 Å². The van der Waals surface area contributed by atoms with E-state index in [2.05, 4.69) is 57.2 Å². The number of rotatable bonds is 50. The van der Waals surface area contributed by atoms with Crippen molar-refractivity contribution in [2.45, 2.75) is 290 Å². The minimum atomic E-state index is -0.805. The van der Waals surface area contributed by atoms with Gasteiger partial charge in [-0.05, 0) is 44.9 Å². The van der Waals surface area contributed by atoms with Gasteiger partial charge in [0.05, 0.1) is 0 Å². The number of esters is 3. The van der Waals surface area contributed by atoms with Crippen molar-refractivity contribution in [3.63, 3.8) is 0 Å². The molecule has 0 aliphatic heterocycles. The molecule has 0 aromatic rings. The van der Waals surface area contributed by atoms with Crippen molar-refractivity contribution >= 4 is 17.9 Å². The zero-order valence-corrected chi connectivity index (χ0v) is 42.6. The minimum absolute atomic E-state index is 0.0985.